The van der Waals surface area contributed by atoms with Crippen LogP contribution in [-0.4, -0.2) is 34.9 Å². The summed E-state index contributed by atoms with van der Waals surface area (Å²) in [6.07, 6.45) is -3.87. The van der Waals surface area contributed by atoms with Crippen LogP contribution in [0.4, 0.5) is 17.6 Å². The molecule has 0 amide bonds. The molecule has 5 nitrogen and oxygen atoms in total. The number of aromatic nitrogens is 2. The van der Waals surface area contributed by atoms with Crippen LogP contribution in [0.3, 0.4) is 0 Å². The highest BCUT2D eigenvalue weighted by Crippen LogP contribution is 2.40. The number of nitrogens with zero attached hydrogens (tertiary/aromatic N) is 3. The maximum absolute atomic E-state index is 14.2. The maximum atomic E-state index is 14.2. The van der Waals surface area contributed by atoms with Gasteiger partial charge in [0.1, 0.15) is 12.1 Å². The van der Waals surface area contributed by atoms with Crippen molar-refractivity contribution in [1.82, 2.24) is 15.0 Å². The Morgan fingerprint density at radius 1 is 1.00 bits per heavy atom. The summed E-state index contributed by atoms with van der Waals surface area (Å²) in [7, 11) is 1.71. The predicted molar refractivity (Wildman–Crippen MR) is 123 cm³/mol. The highest BCUT2D eigenvalue weighted by Gasteiger charge is 2.34. The summed E-state index contributed by atoms with van der Waals surface area (Å²) in [5, 5.41) is 3.84. The molecule has 0 saturated carbocycles. The fraction of sp³-hybridized carbons (Fsp3) is 0.192. The summed E-state index contributed by atoms with van der Waals surface area (Å²) in [5.41, 5.74) is 1.40. The van der Waals surface area contributed by atoms with Crippen molar-refractivity contribution in [3.05, 3.63) is 83.2 Å². The number of hydrogen-bond acceptors (Lipinski definition) is 5. The average Bonchev–Trinajstić information content (AvgIpc) is 3.29. The zero-order valence-corrected chi connectivity index (χ0v) is 18.9. The number of hydrogen-bond donors (Lipinski definition) is 0. The van der Waals surface area contributed by atoms with Crippen LogP contribution in [0.15, 0.2) is 65.2 Å². The topological polar surface area (TPSA) is 59.2 Å². The van der Waals surface area contributed by atoms with Gasteiger partial charge in [0.15, 0.2) is 0 Å². The smallest absolute Gasteiger partial charge is 0.334 e. The molecule has 0 fully saturated rings. The van der Waals surface area contributed by atoms with Gasteiger partial charge >= 0.3 is 6.18 Å². The first-order valence-corrected chi connectivity index (χ1v) is 10.7. The first kappa shape index (κ1) is 24.3. The molecule has 35 heavy (non-hydrogen) atoms. The normalized spacial score (nSPS) is 11.7. The largest absolute Gasteiger partial charge is 0.417 e. The molecular formula is C26H21F4N3O2. The number of aldehydes is 1. The van der Waals surface area contributed by atoms with Crippen molar-refractivity contribution >= 4 is 6.29 Å². The van der Waals surface area contributed by atoms with Crippen LogP contribution >= 0.6 is 0 Å². The van der Waals surface area contributed by atoms with Crippen molar-refractivity contribution in [3.8, 4) is 34.0 Å². The Bertz CT molecular complexity index is 1360. The molecule has 0 radical (unpaired) electrons. The van der Waals surface area contributed by atoms with Crippen LogP contribution in [0.5, 0.6) is 0 Å². The first-order valence-electron chi connectivity index (χ1n) is 10.7. The summed E-state index contributed by atoms with van der Waals surface area (Å²) in [5.74, 6) is -0.619. The van der Waals surface area contributed by atoms with Gasteiger partial charge in [-0.3, -0.25) is 4.90 Å². The Hall–Kier alpha value is -3.85. The van der Waals surface area contributed by atoms with Gasteiger partial charge in [-0.05, 0) is 66.6 Å². The van der Waals surface area contributed by atoms with E-state index in [4.69, 9.17) is 4.52 Å². The van der Waals surface area contributed by atoms with Crippen molar-refractivity contribution in [2.75, 3.05) is 13.6 Å². The Balaban J connectivity index is 1.70. The van der Waals surface area contributed by atoms with Gasteiger partial charge in [0.25, 0.3) is 5.89 Å². The third-order valence-corrected chi connectivity index (χ3v) is 5.49. The van der Waals surface area contributed by atoms with Gasteiger partial charge in [0.2, 0.25) is 5.82 Å². The van der Waals surface area contributed by atoms with Gasteiger partial charge in [0.05, 0.1) is 12.1 Å². The van der Waals surface area contributed by atoms with Crippen LogP contribution in [0.2, 0.25) is 0 Å². The van der Waals surface area contributed by atoms with E-state index in [1.807, 2.05) is 0 Å². The second-order valence-corrected chi connectivity index (χ2v) is 8.21. The summed E-state index contributed by atoms with van der Waals surface area (Å²) in [6, 6.07) is 14.9. The highest BCUT2D eigenvalue weighted by atomic mass is 19.4. The van der Waals surface area contributed by atoms with E-state index >= 15 is 0 Å². The quantitative estimate of drug-likeness (QED) is 0.233. The number of halogens is 4. The Kier molecular flexibility index (Phi) is 6.79. The lowest BCUT2D eigenvalue weighted by Crippen LogP contribution is -2.19. The molecule has 3 aromatic carbocycles. The molecule has 1 aromatic heterocycles. The van der Waals surface area contributed by atoms with Gasteiger partial charge in [-0.15, -0.1) is 0 Å². The minimum Gasteiger partial charge on any atom is -0.334 e. The zero-order chi connectivity index (χ0) is 25.2. The number of aryl methyl sites for hydroxylation is 1. The second kappa shape index (κ2) is 9.79. The van der Waals surface area contributed by atoms with E-state index in [-0.39, 0.29) is 29.4 Å². The van der Waals surface area contributed by atoms with Crippen molar-refractivity contribution < 1.29 is 26.9 Å². The molecule has 180 valence electrons. The standard InChI is InChI=1S/C26H21F4N3O2/c1-16-5-3-4-6-21(16)22-8-7-18(14-23(22)26(28,29)30)25-31-24(32-35-25)19-11-17(12-20(27)13-19)15-33(2)9-10-34/h3-8,10-14H,9,15H2,1-2H3. The summed E-state index contributed by atoms with van der Waals surface area (Å²) in [6.45, 7) is 2.24. The molecule has 0 bridgehead atoms. The van der Waals surface area contributed by atoms with E-state index in [1.165, 1.54) is 24.3 Å². The van der Waals surface area contributed by atoms with Crippen molar-refractivity contribution in [2.24, 2.45) is 0 Å². The summed E-state index contributed by atoms with van der Waals surface area (Å²) >= 11 is 0. The first-order chi connectivity index (χ1) is 16.7. The van der Waals surface area contributed by atoms with E-state index < -0.39 is 17.6 Å². The molecule has 0 saturated heterocycles. The van der Waals surface area contributed by atoms with E-state index in [0.717, 1.165) is 12.4 Å². The number of alkyl halides is 3. The molecule has 0 aliphatic carbocycles. The SMILES string of the molecule is Cc1ccccc1-c1ccc(-c2nc(-c3cc(F)cc(CN(C)CC=O)c3)no2)cc1C(F)(F)F. The van der Waals surface area contributed by atoms with Gasteiger partial charge in [-0.2, -0.15) is 18.2 Å². The summed E-state index contributed by atoms with van der Waals surface area (Å²) in [4.78, 5) is 16.6. The van der Waals surface area contributed by atoms with E-state index in [9.17, 15) is 22.4 Å². The van der Waals surface area contributed by atoms with E-state index in [2.05, 4.69) is 10.1 Å². The van der Waals surface area contributed by atoms with Crippen LogP contribution < -0.4 is 0 Å². The number of benzene rings is 3. The monoisotopic (exact) mass is 483 g/mol. The number of rotatable bonds is 7. The molecule has 0 aliphatic heterocycles. The lowest BCUT2D eigenvalue weighted by molar-refractivity contribution is -0.137. The molecule has 0 aliphatic rings. The number of carbonyl (C=O) groups is 1. The molecule has 4 rings (SSSR count). The lowest BCUT2D eigenvalue weighted by Gasteiger charge is -2.15. The molecule has 0 atom stereocenters. The van der Waals surface area contributed by atoms with Crippen LogP contribution in [0.25, 0.3) is 34.0 Å². The minimum atomic E-state index is -4.61. The molecule has 0 N–H and O–H groups in total. The van der Waals surface area contributed by atoms with Crippen LogP contribution in [0, 0.1) is 12.7 Å². The number of likely N-dealkylation sites (N-methyl/N-ethyl adjacent to an activating group) is 1. The van der Waals surface area contributed by atoms with Crippen molar-refractivity contribution in [2.45, 2.75) is 19.6 Å². The van der Waals surface area contributed by atoms with Gasteiger partial charge in [-0.25, -0.2) is 4.39 Å². The average molecular weight is 483 g/mol. The lowest BCUT2D eigenvalue weighted by atomic mass is 9.94. The van der Waals surface area contributed by atoms with Gasteiger partial charge in [0, 0.05) is 17.7 Å². The molecule has 9 heteroatoms. The second-order valence-electron chi connectivity index (χ2n) is 8.21. The Morgan fingerprint density at radius 3 is 2.49 bits per heavy atom. The summed E-state index contributed by atoms with van der Waals surface area (Å²) < 4.78 is 61.3. The maximum Gasteiger partial charge on any atom is 0.417 e. The van der Waals surface area contributed by atoms with Crippen molar-refractivity contribution in [1.29, 1.82) is 0 Å². The highest BCUT2D eigenvalue weighted by molar-refractivity contribution is 5.74. The molecule has 0 spiro atoms. The fourth-order valence-electron chi connectivity index (χ4n) is 3.85. The fourth-order valence-corrected chi connectivity index (χ4v) is 3.85. The van der Waals surface area contributed by atoms with E-state index in [1.54, 1.807) is 49.2 Å². The molecule has 0 unspecified atom stereocenters. The minimum absolute atomic E-state index is 0.0373. The van der Waals surface area contributed by atoms with E-state index in [0.29, 0.717) is 28.8 Å². The molecular weight excluding hydrogens is 462 g/mol. The third-order valence-electron chi connectivity index (χ3n) is 5.49. The van der Waals surface area contributed by atoms with Crippen molar-refractivity contribution in [3.63, 3.8) is 0 Å². The predicted octanol–water partition coefficient (Wildman–Crippen LogP) is 6.17. The van der Waals surface area contributed by atoms with Crippen LogP contribution in [0.1, 0.15) is 16.7 Å². The van der Waals surface area contributed by atoms with Gasteiger partial charge in [-0.1, -0.05) is 35.5 Å². The van der Waals surface area contributed by atoms with Crippen LogP contribution in [-0.2, 0) is 17.5 Å². The Morgan fingerprint density at radius 2 is 1.77 bits per heavy atom. The number of carbonyl (C=O) groups excluding carboxylic acids is 1. The third kappa shape index (κ3) is 5.46. The zero-order valence-electron chi connectivity index (χ0n) is 18.9. The molecule has 1 heterocycles. The van der Waals surface area contributed by atoms with Gasteiger partial charge < -0.3 is 9.32 Å². The Labute approximate surface area is 199 Å². The molecule has 4 aromatic rings.